The quantitative estimate of drug-likeness (QED) is 0.352. The van der Waals surface area contributed by atoms with Crippen molar-refractivity contribution in [1.29, 1.82) is 5.26 Å². The fourth-order valence-electron chi connectivity index (χ4n) is 4.83. The van der Waals surface area contributed by atoms with Crippen LogP contribution in [0.25, 0.3) is 10.9 Å². The Balaban J connectivity index is 1.40. The highest BCUT2D eigenvalue weighted by atomic mass is 19.1. The molecule has 1 aliphatic heterocycles. The van der Waals surface area contributed by atoms with Gasteiger partial charge in [-0.3, -0.25) is 0 Å². The molecule has 36 heavy (non-hydrogen) atoms. The van der Waals surface area contributed by atoms with E-state index in [-0.39, 0.29) is 35.2 Å². The Morgan fingerprint density at radius 2 is 1.89 bits per heavy atom. The van der Waals surface area contributed by atoms with Crippen LogP contribution in [0.2, 0.25) is 0 Å². The molecule has 0 unspecified atom stereocenters. The average Bonchev–Trinajstić information content (AvgIpc) is 3.22. The number of hydrogen-bond acceptors (Lipinski definition) is 7. The molecule has 0 spiro atoms. The number of halogens is 1. The van der Waals surface area contributed by atoms with Gasteiger partial charge in [0.05, 0.1) is 5.69 Å². The molecule has 0 saturated carbocycles. The van der Waals surface area contributed by atoms with Crippen molar-refractivity contribution in [2.45, 2.75) is 39.8 Å². The van der Waals surface area contributed by atoms with E-state index in [4.69, 9.17) is 4.74 Å². The van der Waals surface area contributed by atoms with Gasteiger partial charge in [-0.25, -0.2) is 14.4 Å². The smallest absolute Gasteiger partial charge is 0.242 e. The van der Waals surface area contributed by atoms with Gasteiger partial charge in [0.1, 0.15) is 24.0 Å². The number of hydrogen-bond donors (Lipinski definition) is 3. The molecule has 2 aromatic heterocycles. The first-order valence-corrected chi connectivity index (χ1v) is 11.9. The highest BCUT2D eigenvalue weighted by molar-refractivity contribution is 5.86. The minimum atomic E-state index is -0.337. The largest absolute Gasteiger partial charge is 0.437 e. The number of fused-ring (bicyclic) bond motifs is 1. The van der Waals surface area contributed by atoms with Crippen LogP contribution in [0.5, 0.6) is 11.6 Å². The molecule has 1 fully saturated rings. The summed E-state index contributed by atoms with van der Waals surface area (Å²) in [5.74, 6) is 0.634. The van der Waals surface area contributed by atoms with Gasteiger partial charge in [-0.15, -0.1) is 0 Å². The Kier molecular flexibility index (Phi) is 6.20. The summed E-state index contributed by atoms with van der Waals surface area (Å²) in [6.07, 6.45) is 1.32. The maximum Gasteiger partial charge on any atom is 0.242 e. The third-order valence-electron chi connectivity index (χ3n) is 6.40. The Labute approximate surface area is 209 Å². The van der Waals surface area contributed by atoms with Crippen molar-refractivity contribution >= 4 is 28.1 Å². The summed E-state index contributed by atoms with van der Waals surface area (Å²) in [6.45, 7) is 9.60. The van der Waals surface area contributed by atoms with Crippen LogP contribution in [0.15, 0.2) is 42.7 Å². The summed E-state index contributed by atoms with van der Waals surface area (Å²) in [4.78, 5) is 13.8. The molecule has 8 nitrogen and oxygen atoms in total. The van der Waals surface area contributed by atoms with Crippen molar-refractivity contribution in [3.8, 4) is 17.7 Å². The minimum absolute atomic E-state index is 0.130. The number of nitrogens with one attached hydrogen (secondary N) is 3. The predicted octanol–water partition coefficient (Wildman–Crippen LogP) is 5.31. The molecule has 4 aromatic rings. The number of aryl methyl sites for hydroxylation is 2. The summed E-state index contributed by atoms with van der Waals surface area (Å²) in [7, 11) is 0. The van der Waals surface area contributed by atoms with Gasteiger partial charge in [-0.2, -0.15) is 5.26 Å². The number of aromatic amines is 1. The van der Waals surface area contributed by atoms with Crippen LogP contribution in [-0.2, 0) is 0 Å². The fraction of sp³-hybridized carbons (Fsp3) is 0.296. The number of aromatic nitrogens is 3. The van der Waals surface area contributed by atoms with Gasteiger partial charge in [0.2, 0.25) is 5.88 Å². The Morgan fingerprint density at radius 1 is 1.11 bits per heavy atom. The lowest BCUT2D eigenvalue weighted by atomic mass is 10.1. The molecule has 9 heteroatoms. The molecular formula is C27H28FN7O. The predicted molar refractivity (Wildman–Crippen MR) is 139 cm³/mol. The standard InChI is InChI=1S/C27H28FN7O/c1-15-9-20-18(4)25(8-6-23(20)33-15)36-27-21(11-29)26(30-14-31-27)34-19-5-7-24(22(28)10-19)35-12-16(2)32-17(3)13-35/h5-10,14,16-17,32-33H,12-13H2,1-4H3,(H,30,31,34)/t16-,17+. The summed E-state index contributed by atoms with van der Waals surface area (Å²) in [5, 5.41) is 17.4. The van der Waals surface area contributed by atoms with Gasteiger partial charge in [0, 0.05) is 53.0 Å². The summed E-state index contributed by atoms with van der Waals surface area (Å²) in [5.41, 5.74) is 4.17. The van der Waals surface area contributed by atoms with E-state index >= 15 is 4.39 Å². The molecule has 0 radical (unpaired) electrons. The average molecular weight is 486 g/mol. The van der Waals surface area contributed by atoms with Crippen molar-refractivity contribution in [1.82, 2.24) is 20.3 Å². The number of anilines is 3. The summed E-state index contributed by atoms with van der Waals surface area (Å²) >= 11 is 0. The lowest BCUT2D eigenvalue weighted by Gasteiger charge is -2.37. The van der Waals surface area contributed by atoms with Gasteiger partial charge in [0.15, 0.2) is 11.4 Å². The van der Waals surface area contributed by atoms with E-state index in [9.17, 15) is 5.26 Å². The number of nitrogens with zero attached hydrogens (tertiary/aromatic N) is 4. The Morgan fingerprint density at radius 3 is 2.61 bits per heavy atom. The molecule has 5 rings (SSSR count). The van der Waals surface area contributed by atoms with Gasteiger partial charge >= 0.3 is 0 Å². The molecule has 0 aliphatic carbocycles. The van der Waals surface area contributed by atoms with E-state index in [0.717, 1.165) is 35.2 Å². The normalized spacial score (nSPS) is 17.7. The minimum Gasteiger partial charge on any atom is -0.437 e. The molecule has 2 aromatic carbocycles. The second kappa shape index (κ2) is 9.47. The van der Waals surface area contributed by atoms with E-state index in [1.807, 2.05) is 30.9 Å². The van der Waals surface area contributed by atoms with Crippen LogP contribution in [0.1, 0.15) is 30.7 Å². The van der Waals surface area contributed by atoms with Crippen LogP contribution in [0, 0.1) is 31.0 Å². The lowest BCUT2D eigenvalue weighted by Crippen LogP contribution is -2.54. The lowest BCUT2D eigenvalue weighted by molar-refractivity contribution is 0.404. The van der Waals surface area contributed by atoms with Crippen molar-refractivity contribution < 1.29 is 9.13 Å². The summed E-state index contributed by atoms with van der Waals surface area (Å²) in [6, 6.07) is 13.5. The third kappa shape index (κ3) is 4.55. The first kappa shape index (κ1) is 23.6. The van der Waals surface area contributed by atoms with Crippen molar-refractivity contribution in [2.24, 2.45) is 0 Å². The van der Waals surface area contributed by atoms with E-state index in [1.54, 1.807) is 12.1 Å². The van der Waals surface area contributed by atoms with Crippen molar-refractivity contribution in [3.05, 3.63) is 65.4 Å². The van der Waals surface area contributed by atoms with Crippen LogP contribution in [0.4, 0.5) is 21.6 Å². The first-order chi connectivity index (χ1) is 17.3. The van der Waals surface area contributed by atoms with Crippen LogP contribution < -0.4 is 20.3 Å². The molecule has 3 N–H and O–H groups in total. The van der Waals surface area contributed by atoms with E-state index < -0.39 is 0 Å². The number of piperazine rings is 1. The zero-order chi connectivity index (χ0) is 25.4. The first-order valence-electron chi connectivity index (χ1n) is 11.9. The highest BCUT2D eigenvalue weighted by Gasteiger charge is 2.23. The molecule has 0 amide bonds. The van der Waals surface area contributed by atoms with E-state index in [0.29, 0.717) is 17.1 Å². The maximum absolute atomic E-state index is 15.1. The fourth-order valence-corrected chi connectivity index (χ4v) is 4.83. The van der Waals surface area contributed by atoms with Crippen molar-refractivity contribution in [3.63, 3.8) is 0 Å². The van der Waals surface area contributed by atoms with Crippen LogP contribution in [-0.4, -0.2) is 40.1 Å². The summed E-state index contributed by atoms with van der Waals surface area (Å²) < 4.78 is 21.1. The number of nitriles is 1. The number of ether oxygens (including phenoxy) is 1. The second-order valence-corrected chi connectivity index (χ2v) is 9.38. The van der Waals surface area contributed by atoms with Crippen LogP contribution >= 0.6 is 0 Å². The zero-order valence-electron chi connectivity index (χ0n) is 20.7. The van der Waals surface area contributed by atoms with Gasteiger partial charge in [-0.1, -0.05) is 0 Å². The van der Waals surface area contributed by atoms with Crippen molar-refractivity contribution in [2.75, 3.05) is 23.3 Å². The molecule has 1 aliphatic rings. The SMILES string of the molecule is Cc1cc2c(C)c(Oc3ncnc(Nc4ccc(N5C[C@@H](C)N[C@@H](C)C5)c(F)c4)c3C#N)ccc2[nH]1. The Bertz CT molecular complexity index is 1470. The van der Waals surface area contributed by atoms with E-state index in [1.165, 1.54) is 12.4 Å². The number of benzene rings is 2. The molecule has 184 valence electrons. The van der Waals surface area contributed by atoms with E-state index in [2.05, 4.69) is 51.6 Å². The molecular weight excluding hydrogens is 457 g/mol. The topological polar surface area (TPSA) is 102 Å². The molecule has 2 atom stereocenters. The second-order valence-electron chi connectivity index (χ2n) is 9.38. The highest BCUT2D eigenvalue weighted by Crippen LogP contribution is 2.34. The number of rotatable bonds is 5. The van der Waals surface area contributed by atoms with Gasteiger partial charge in [-0.05, 0) is 64.1 Å². The van der Waals surface area contributed by atoms with Gasteiger partial charge in [0.25, 0.3) is 0 Å². The third-order valence-corrected chi connectivity index (χ3v) is 6.40. The zero-order valence-corrected chi connectivity index (χ0v) is 20.7. The molecule has 3 heterocycles. The maximum atomic E-state index is 15.1. The van der Waals surface area contributed by atoms with Gasteiger partial charge < -0.3 is 25.3 Å². The monoisotopic (exact) mass is 485 g/mol. The molecule has 0 bridgehead atoms. The molecule has 1 saturated heterocycles. The number of H-pyrrole nitrogens is 1. The Hall–Kier alpha value is -4.16. The van der Waals surface area contributed by atoms with Crippen LogP contribution in [0.3, 0.4) is 0 Å².